The fourth-order valence-corrected chi connectivity index (χ4v) is 4.01. The van der Waals surface area contributed by atoms with Gasteiger partial charge in [-0.1, -0.05) is 39.5 Å². The first-order chi connectivity index (χ1) is 9.02. The predicted molar refractivity (Wildman–Crippen MR) is 83.5 cm³/mol. The highest BCUT2D eigenvalue weighted by Gasteiger charge is 2.40. The number of rotatable bonds is 5. The summed E-state index contributed by atoms with van der Waals surface area (Å²) in [7, 11) is 0. The third-order valence-electron chi connectivity index (χ3n) is 5.35. The molecule has 2 aliphatic rings. The largest absolute Gasteiger partial charge is 0.308 e. The molecule has 2 atom stereocenters. The fourth-order valence-electron chi connectivity index (χ4n) is 4.01. The first kappa shape index (κ1) is 15.3. The minimum absolute atomic E-state index is 0.471. The van der Waals surface area contributed by atoms with E-state index in [-0.39, 0.29) is 0 Å². The molecule has 0 radical (unpaired) electrons. The molecule has 2 nitrogen and oxygen atoms in total. The van der Waals surface area contributed by atoms with E-state index in [9.17, 15) is 0 Å². The average Bonchev–Trinajstić information content (AvgIpc) is 2.80. The van der Waals surface area contributed by atoms with Gasteiger partial charge in [-0.2, -0.15) is 0 Å². The zero-order valence-corrected chi connectivity index (χ0v) is 13.5. The Morgan fingerprint density at radius 1 is 1.16 bits per heavy atom. The molecular weight excluding hydrogens is 232 g/mol. The predicted octanol–water partition coefficient (Wildman–Crippen LogP) is 3.81. The number of hydrogen-bond acceptors (Lipinski definition) is 2. The van der Waals surface area contributed by atoms with Crippen molar-refractivity contribution in [3.8, 4) is 0 Å². The molecule has 1 heterocycles. The molecule has 0 aromatic carbocycles. The first-order valence-electron chi connectivity index (χ1n) is 8.53. The summed E-state index contributed by atoms with van der Waals surface area (Å²) >= 11 is 0. The topological polar surface area (TPSA) is 15.3 Å². The zero-order valence-electron chi connectivity index (χ0n) is 13.5. The Labute approximate surface area is 120 Å². The maximum atomic E-state index is 3.86. The first-order valence-corrected chi connectivity index (χ1v) is 8.53. The van der Waals surface area contributed by atoms with E-state index in [4.69, 9.17) is 0 Å². The smallest absolute Gasteiger partial charge is 0.0309 e. The Kier molecular flexibility index (Phi) is 5.30. The molecule has 1 aliphatic carbocycles. The summed E-state index contributed by atoms with van der Waals surface area (Å²) < 4.78 is 0. The van der Waals surface area contributed by atoms with Gasteiger partial charge in [0.05, 0.1) is 0 Å². The standard InChI is InChI=1S/C17H34N2/c1-14(2)8-7-9-15(3)19-13-17(10-5-6-11-17)18-12-16(19)4/h14-16,18H,5-13H2,1-4H3. The van der Waals surface area contributed by atoms with Crippen LogP contribution < -0.4 is 5.32 Å². The van der Waals surface area contributed by atoms with Crippen LogP contribution in [0.15, 0.2) is 0 Å². The molecule has 2 fully saturated rings. The SMILES string of the molecule is CC(C)CCCC(C)N1CC2(CCCC2)NCC1C. The molecule has 112 valence electrons. The average molecular weight is 266 g/mol. The molecular formula is C17H34N2. The summed E-state index contributed by atoms with van der Waals surface area (Å²) in [5.74, 6) is 0.855. The Morgan fingerprint density at radius 3 is 2.47 bits per heavy atom. The van der Waals surface area contributed by atoms with E-state index < -0.39 is 0 Å². The highest BCUT2D eigenvalue weighted by molar-refractivity contribution is 5.01. The molecule has 0 bridgehead atoms. The lowest BCUT2D eigenvalue weighted by molar-refractivity contribution is 0.0524. The van der Waals surface area contributed by atoms with E-state index >= 15 is 0 Å². The molecule has 1 saturated carbocycles. The van der Waals surface area contributed by atoms with Crippen LogP contribution in [0.2, 0.25) is 0 Å². The van der Waals surface area contributed by atoms with Crippen LogP contribution in [0.3, 0.4) is 0 Å². The summed E-state index contributed by atoms with van der Waals surface area (Å²) in [6, 6.07) is 1.47. The summed E-state index contributed by atoms with van der Waals surface area (Å²) in [6.07, 6.45) is 9.80. The van der Waals surface area contributed by atoms with Crippen molar-refractivity contribution < 1.29 is 0 Å². The molecule has 2 unspecified atom stereocenters. The maximum Gasteiger partial charge on any atom is 0.0309 e. The van der Waals surface area contributed by atoms with Crippen molar-refractivity contribution in [3.63, 3.8) is 0 Å². The van der Waals surface area contributed by atoms with Crippen LogP contribution in [-0.4, -0.2) is 35.6 Å². The number of piperazine rings is 1. The van der Waals surface area contributed by atoms with E-state index in [1.165, 1.54) is 58.0 Å². The molecule has 2 rings (SSSR count). The second-order valence-corrected chi connectivity index (χ2v) is 7.56. The zero-order chi connectivity index (χ0) is 13.9. The summed E-state index contributed by atoms with van der Waals surface area (Å²) in [6.45, 7) is 12.0. The lowest BCUT2D eigenvalue weighted by atomic mass is 9.90. The van der Waals surface area contributed by atoms with Gasteiger partial charge in [0.2, 0.25) is 0 Å². The second-order valence-electron chi connectivity index (χ2n) is 7.56. The molecule has 1 saturated heterocycles. The Balaban J connectivity index is 1.85. The molecule has 1 spiro atoms. The fraction of sp³-hybridized carbons (Fsp3) is 1.00. The van der Waals surface area contributed by atoms with E-state index in [0.717, 1.165) is 12.0 Å². The Hall–Kier alpha value is -0.0800. The molecule has 1 aliphatic heterocycles. The maximum absolute atomic E-state index is 3.86. The molecule has 0 amide bonds. The van der Waals surface area contributed by atoms with E-state index in [1.54, 1.807) is 0 Å². The molecule has 1 N–H and O–H groups in total. The molecule has 2 heteroatoms. The van der Waals surface area contributed by atoms with Crippen molar-refractivity contribution in [2.45, 2.75) is 90.3 Å². The van der Waals surface area contributed by atoms with Gasteiger partial charge < -0.3 is 5.32 Å². The summed E-state index contributed by atoms with van der Waals surface area (Å²) in [4.78, 5) is 2.79. The van der Waals surface area contributed by atoms with Crippen LogP contribution in [-0.2, 0) is 0 Å². The van der Waals surface area contributed by atoms with Crippen molar-refractivity contribution in [1.82, 2.24) is 10.2 Å². The van der Waals surface area contributed by atoms with Gasteiger partial charge in [0.25, 0.3) is 0 Å². The van der Waals surface area contributed by atoms with Crippen molar-refractivity contribution >= 4 is 0 Å². The van der Waals surface area contributed by atoms with Crippen LogP contribution in [0.1, 0.15) is 72.6 Å². The van der Waals surface area contributed by atoms with Gasteiger partial charge in [-0.3, -0.25) is 4.90 Å². The summed E-state index contributed by atoms with van der Waals surface area (Å²) in [5.41, 5.74) is 0.471. The molecule has 19 heavy (non-hydrogen) atoms. The van der Waals surface area contributed by atoms with Crippen LogP contribution in [0.4, 0.5) is 0 Å². The number of nitrogens with zero attached hydrogens (tertiary/aromatic N) is 1. The van der Waals surface area contributed by atoms with Gasteiger partial charge in [-0.05, 0) is 39.0 Å². The second kappa shape index (κ2) is 6.58. The van der Waals surface area contributed by atoms with Gasteiger partial charge >= 0.3 is 0 Å². The van der Waals surface area contributed by atoms with Crippen LogP contribution in [0.5, 0.6) is 0 Å². The van der Waals surface area contributed by atoms with Gasteiger partial charge in [0.15, 0.2) is 0 Å². The number of nitrogens with one attached hydrogen (secondary N) is 1. The number of hydrogen-bond donors (Lipinski definition) is 1. The lowest BCUT2D eigenvalue weighted by Crippen LogP contribution is -2.64. The van der Waals surface area contributed by atoms with Gasteiger partial charge in [-0.15, -0.1) is 0 Å². The highest BCUT2D eigenvalue weighted by Crippen LogP contribution is 2.34. The third kappa shape index (κ3) is 3.95. The van der Waals surface area contributed by atoms with Gasteiger partial charge in [0.1, 0.15) is 0 Å². The van der Waals surface area contributed by atoms with Crippen molar-refractivity contribution in [1.29, 1.82) is 0 Å². The van der Waals surface area contributed by atoms with E-state index in [0.29, 0.717) is 11.6 Å². The van der Waals surface area contributed by atoms with Gasteiger partial charge in [-0.25, -0.2) is 0 Å². The highest BCUT2D eigenvalue weighted by atomic mass is 15.3. The minimum Gasteiger partial charge on any atom is -0.308 e. The molecule has 0 aromatic heterocycles. The summed E-state index contributed by atoms with van der Waals surface area (Å²) in [5, 5.41) is 3.86. The van der Waals surface area contributed by atoms with Gasteiger partial charge in [0, 0.05) is 30.7 Å². The van der Waals surface area contributed by atoms with Crippen molar-refractivity contribution in [2.24, 2.45) is 5.92 Å². The quantitative estimate of drug-likeness (QED) is 0.814. The Bertz CT molecular complexity index is 268. The van der Waals surface area contributed by atoms with Crippen molar-refractivity contribution in [2.75, 3.05) is 13.1 Å². The minimum atomic E-state index is 0.471. The van der Waals surface area contributed by atoms with E-state index in [1.807, 2.05) is 0 Å². The van der Waals surface area contributed by atoms with Crippen LogP contribution >= 0.6 is 0 Å². The van der Waals surface area contributed by atoms with E-state index in [2.05, 4.69) is 37.9 Å². The Morgan fingerprint density at radius 2 is 1.84 bits per heavy atom. The normalized spacial score (nSPS) is 29.2. The van der Waals surface area contributed by atoms with Crippen molar-refractivity contribution in [3.05, 3.63) is 0 Å². The van der Waals surface area contributed by atoms with Crippen LogP contribution in [0.25, 0.3) is 0 Å². The van der Waals surface area contributed by atoms with Crippen LogP contribution in [0, 0.1) is 5.92 Å². The monoisotopic (exact) mass is 266 g/mol. The third-order valence-corrected chi connectivity index (χ3v) is 5.35. The molecule has 0 aromatic rings. The lowest BCUT2D eigenvalue weighted by Gasteiger charge is -2.48.